The highest BCUT2D eigenvalue weighted by atomic mass is 19.1. The SMILES string of the molecule is CCn1nc(C(=O)Nc2ccc(-n3cncn3)c(F)c2)c2ccccc2c1=O. The summed E-state index contributed by atoms with van der Waals surface area (Å²) < 4.78 is 16.9. The van der Waals surface area contributed by atoms with Crippen LogP contribution in [0.1, 0.15) is 17.4 Å². The topological polar surface area (TPSA) is 94.7 Å². The van der Waals surface area contributed by atoms with Crippen LogP contribution in [0.3, 0.4) is 0 Å². The van der Waals surface area contributed by atoms with Crippen molar-refractivity contribution in [2.24, 2.45) is 0 Å². The van der Waals surface area contributed by atoms with Crippen molar-refractivity contribution in [3.8, 4) is 5.69 Å². The van der Waals surface area contributed by atoms with Gasteiger partial charge in [-0.3, -0.25) is 9.59 Å². The van der Waals surface area contributed by atoms with E-state index in [1.165, 1.54) is 34.2 Å². The van der Waals surface area contributed by atoms with E-state index in [1.807, 2.05) is 0 Å². The van der Waals surface area contributed by atoms with Gasteiger partial charge in [0.25, 0.3) is 11.5 Å². The van der Waals surface area contributed by atoms with Crippen molar-refractivity contribution < 1.29 is 9.18 Å². The first-order valence-corrected chi connectivity index (χ1v) is 8.54. The lowest BCUT2D eigenvalue weighted by Crippen LogP contribution is -2.27. The molecule has 0 bridgehead atoms. The molecule has 2 aromatic carbocycles. The Balaban J connectivity index is 1.70. The average Bonchev–Trinajstić information content (AvgIpc) is 3.23. The monoisotopic (exact) mass is 378 g/mol. The van der Waals surface area contributed by atoms with Gasteiger partial charge in [0.2, 0.25) is 0 Å². The Kier molecular flexibility index (Phi) is 4.40. The highest BCUT2D eigenvalue weighted by molar-refractivity contribution is 6.11. The maximum absolute atomic E-state index is 14.4. The van der Waals surface area contributed by atoms with Crippen molar-refractivity contribution in [2.45, 2.75) is 13.5 Å². The first kappa shape index (κ1) is 17.5. The third-order valence-corrected chi connectivity index (χ3v) is 4.25. The van der Waals surface area contributed by atoms with Crippen molar-refractivity contribution in [3.63, 3.8) is 0 Å². The predicted octanol–water partition coefficient (Wildman–Crippen LogP) is 2.39. The van der Waals surface area contributed by atoms with Crippen LogP contribution in [0.2, 0.25) is 0 Å². The highest BCUT2D eigenvalue weighted by Crippen LogP contribution is 2.19. The summed E-state index contributed by atoms with van der Waals surface area (Å²) in [6, 6.07) is 11.0. The lowest BCUT2D eigenvalue weighted by atomic mass is 10.1. The van der Waals surface area contributed by atoms with Gasteiger partial charge in [0.15, 0.2) is 11.5 Å². The van der Waals surface area contributed by atoms with Gasteiger partial charge in [-0.05, 0) is 31.2 Å². The van der Waals surface area contributed by atoms with Gasteiger partial charge < -0.3 is 5.32 Å². The van der Waals surface area contributed by atoms with Gasteiger partial charge in [0.05, 0.1) is 5.39 Å². The third kappa shape index (κ3) is 3.02. The zero-order chi connectivity index (χ0) is 19.7. The van der Waals surface area contributed by atoms with Gasteiger partial charge in [-0.15, -0.1) is 0 Å². The van der Waals surface area contributed by atoms with Gasteiger partial charge in [0.1, 0.15) is 18.3 Å². The minimum atomic E-state index is -0.570. The zero-order valence-electron chi connectivity index (χ0n) is 14.8. The van der Waals surface area contributed by atoms with Crippen LogP contribution in [0.4, 0.5) is 10.1 Å². The van der Waals surface area contributed by atoms with Crippen LogP contribution in [-0.4, -0.2) is 30.5 Å². The van der Waals surface area contributed by atoms with Crippen LogP contribution < -0.4 is 10.9 Å². The molecule has 0 fully saturated rings. The molecular weight excluding hydrogens is 363 g/mol. The average molecular weight is 378 g/mol. The number of nitrogens with zero attached hydrogens (tertiary/aromatic N) is 5. The second kappa shape index (κ2) is 7.03. The molecule has 9 heteroatoms. The Labute approximate surface area is 158 Å². The maximum atomic E-state index is 14.4. The number of anilines is 1. The molecule has 28 heavy (non-hydrogen) atoms. The lowest BCUT2D eigenvalue weighted by molar-refractivity contribution is 0.102. The van der Waals surface area contributed by atoms with Gasteiger partial charge in [0, 0.05) is 17.6 Å². The van der Waals surface area contributed by atoms with Crippen LogP contribution in [0.15, 0.2) is 59.9 Å². The molecule has 4 rings (SSSR count). The van der Waals surface area contributed by atoms with E-state index >= 15 is 0 Å². The number of amides is 1. The Morgan fingerprint density at radius 3 is 2.64 bits per heavy atom. The molecule has 0 aliphatic rings. The number of hydrogen-bond donors (Lipinski definition) is 1. The van der Waals surface area contributed by atoms with Gasteiger partial charge in [-0.2, -0.15) is 10.2 Å². The number of rotatable bonds is 4. The highest BCUT2D eigenvalue weighted by Gasteiger charge is 2.17. The summed E-state index contributed by atoms with van der Waals surface area (Å²) in [5.41, 5.74) is 0.292. The molecule has 0 aliphatic carbocycles. The van der Waals surface area contributed by atoms with Crippen LogP contribution >= 0.6 is 0 Å². The second-order valence-electron chi connectivity index (χ2n) is 5.98. The molecule has 1 N–H and O–H groups in total. The van der Waals surface area contributed by atoms with E-state index in [1.54, 1.807) is 37.3 Å². The second-order valence-corrected chi connectivity index (χ2v) is 5.98. The molecule has 2 aromatic heterocycles. The molecule has 1 amide bonds. The Bertz CT molecular complexity index is 1230. The normalized spacial score (nSPS) is 10.9. The number of hydrogen-bond acceptors (Lipinski definition) is 5. The minimum absolute atomic E-state index is 0.0952. The predicted molar refractivity (Wildman–Crippen MR) is 101 cm³/mol. The Morgan fingerprint density at radius 1 is 1.18 bits per heavy atom. The van der Waals surface area contributed by atoms with E-state index in [2.05, 4.69) is 20.5 Å². The zero-order valence-corrected chi connectivity index (χ0v) is 14.8. The fourth-order valence-corrected chi connectivity index (χ4v) is 2.91. The van der Waals surface area contributed by atoms with Crippen LogP contribution in [0.25, 0.3) is 16.5 Å². The molecule has 0 aliphatic heterocycles. The summed E-state index contributed by atoms with van der Waals surface area (Å²) in [6.07, 6.45) is 2.68. The van der Waals surface area contributed by atoms with Crippen molar-refractivity contribution in [1.82, 2.24) is 24.5 Å². The number of benzene rings is 2. The molecular formula is C19H15FN6O2. The number of aromatic nitrogens is 5. The molecule has 0 saturated heterocycles. The van der Waals surface area contributed by atoms with E-state index in [9.17, 15) is 14.0 Å². The summed E-state index contributed by atoms with van der Waals surface area (Å²) in [4.78, 5) is 29.0. The lowest BCUT2D eigenvalue weighted by Gasteiger charge is -2.11. The summed E-state index contributed by atoms with van der Waals surface area (Å²) in [7, 11) is 0. The van der Waals surface area contributed by atoms with Crippen molar-refractivity contribution in [1.29, 1.82) is 0 Å². The van der Waals surface area contributed by atoms with Crippen molar-refractivity contribution >= 4 is 22.4 Å². The Morgan fingerprint density at radius 2 is 1.96 bits per heavy atom. The molecule has 0 radical (unpaired) electrons. The van der Waals surface area contributed by atoms with Crippen LogP contribution in [0.5, 0.6) is 0 Å². The largest absolute Gasteiger partial charge is 0.320 e. The number of nitrogens with one attached hydrogen (secondary N) is 1. The van der Waals surface area contributed by atoms with E-state index in [4.69, 9.17) is 0 Å². The first-order valence-electron chi connectivity index (χ1n) is 8.54. The molecule has 140 valence electrons. The summed E-state index contributed by atoms with van der Waals surface area (Å²) in [5, 5.41) is 11.5. The first-order chi connectivity index (χ1) is 13.6. The number of carbonyl (C=O) groups excluding carboxylic acids is 1. The van der Waals surface area contributed by atoms with Crippen LogP contribution in [0, 0.1) is 5.82 Å². The van der Waals surface area contributed by atoms with E-state index in [0.717, 1.165) is 0 Å². The van der Waals surface area contributed by atoms with E-state index in [-0.39, 0.29) is 22.6 Å². The standard InChI is InChI=1S/C19H15FN6O2/c1-2-25-19(28)14-6-4-3-5-13(14)17(24-25)18(27)23-12-7-8-16(15(20)9-12)26-11-21-10-22-26/h3-11H,2H2,1H3,(H,23,27). The molecule has 2 heterocycles. The Hall–Kier alpha value is -3.88. The maximum Gasteiger partial charge on any atom is 0.276 e. The van der Waals surface area contributed by atoms with Crippen LogP contribution in [-0.2, 0) is 6.54 Å². The van der Waals surface area contributed by atoms with E-state index < -0.39 is 11.7 Å². The smallest absolute Gasteiger partial charge is 0.276 e. The number of aryl methyl sites for hydroxylation is 1. The fraction of sp³-hybridized carbons (Fsp3) is 0.105. The molecule has 0 unspecified atom stereocenters. The van der Waals surface area contributed by atoms with Crippen molar-refractivity contribution in [3.05, 3.63) is 77.0 Å². The summed E-state index contributed by atoms with van der Waals surface area (Å²) in [5.74, 6) is -1.11. The van der Waals surface area contributed by atoms with E-state index in [0.29, 0.717) is 17.3 Å². The molecule has 0 saturated carbocycles. The molecule has 4 aromatic rings. The quantitative estimate of drug-likeness (QED) is 0.588. The summed E-state index contributed by atoms with van der Waals surface area (Å²) >= 11 is 0. The van der Waals surface area contributed by atoms with Gasteiger partial charge in [-0.25, -0.2) is 18.7 Å². The number of fused-ring (bicyclic) bond motifs is 1. The third-order valence-electron chi connectivity index (χ3n) is 4.25. The van der Waals surface area contributed by atoms with Gasteiger partial charge >= 0.3 is 0 Å². The minimum Gasteiger partial charge on any atom is -0.320 e. The molecule has 0 atom stereocenters. The molecule has 8 nitrogen and oxygen atoms in total. The summed E-state index contributed by atoms with van der Waals surface area (Å²) in [6.45, 7) is 2.09. The molecule has 0 spiro atoms. The fourth-order valence-electron chi connectivity index (χ4n) is 2.91. The number of halogens is 1. The van der Waals surface area contributed by atoms with Crippen molar-refractivity contribution in [2.75, 3.05) is 5.32 Å². The number of carbonyl (C=O) groups is 1. The van der Waals surface area contributed by atoms with Gasteiger partial charge in [-0.1, -0.05) is 18.2 Å².